The molecule has 1 amide bonds. The lowest BCUT2D eigenvalue weighted by Gasteiger charge is -2.22. The van der Waals surface area contributed by atoms with Crippen molar-refractivity contribution in [1.82, 2.24) is 9.88 Å². The lowest BCUT2D eigenvalue weighted by molar-refractivity contribution is 0.0724. The summed E-state index contributed by atoms with van der Waals surface area (Å²) in [5, 5.41) is 1.65. The van der Waals surface area contributed by atoms with Gasteiger partial charge in [0.05, 0.1) is 12.6 Å². The van der Waals surface area contributed by atoms with Crippen molar-refractivity contribution >= 4 is 28.4 Å². The van der Waals surface area contributed by atoms with Crippen molar-refractivity contribution in [2.45, 2.75) is 25.4 Å². The van der Waals surface area contributed by atoms with Crippen LogP contribution in [0.25, 0.3) is 10.9 Å². The van der Waals surface area contributed by atoms with Gasteiger partial charge in [-0.25, -0.2) is 4.98 Å². The summed E-state index contributed by atoms with van der Waals surface area (Å²) in [6.45, 7) is 0.572. The molecule has 0 saturated heterocycles. The molecule has 1 heterocycles. The van der Waals surface area contributed by atoms with Gasteiger partial charge in [-0.1, -0.05) is 29.8 Å². The number of fused-ring (bicyclic) bond motifs is 1. The number of hydrogen-bond donors (Lipinski definition) is 0. The maximum Gasteiger partial charge on any atom is 0.273 e. The largest absolute Gasteiger partial charge is 0.497 e. The predicted octanol–water partition coefficient (Wildman–Crippen LogP) is 4.70. The summed E-state index contributed by atoms with van der Waals surface area (Å²) in [6.07, 6.45) is 2.09. The molecule has 1 aliphatic rings. The Hall–Kier alpha value is -2.59. The molecule has 4 rings (SSSR count). The molecule has 0 bridgehead atoms. The van der Waals surface area contributed by atoms with Crippen LogP contribution < -0.4 is 4.74 Å². The Bertz CT molecular complexity index is 952. The molecular formula is C21H19ClN2O2. The first-order chi connectivity index (χ1) is 12.6. The molecule has 1 fully saturated rings. The fourth-order valence-corrected chi connectivity index (χ4v) is 3.16. The van der Waals surface area contributed by atoms with Gasteiger partial charge in [-0.15, -0.1) is 0 Å². The van der Waals surface area contributed by atoms with Gasteiger partial charge in [-0.05, 0) is 54.8 Å². The van der Waals surface area contributed by atoms with E-state index in [2.05, 4.69) is 4.98 Å². The molecule has 1 saturated carbocycles. The van der Waals surface area contributed by atoms with E-state index in [0.29, 0.717) is 23.3 Å². The summed E-state index contributed by atoms with van der Waals surface area (Å²) in [5.74, 6) is 0.751. The van der Waals surface area contributed by atoms with Crippen LogP contribution in [-0.2, 0) is 6.54 Å². The molecule has 0 spiro atoms. The summed E-state index contributed by atoms with van der Waals surface area (Å²) in [4.78, 5) is 19.6. The number of benzene rings is 2. The molecule has 0 unspecified atom stereocenters. The monoisotopic (exact) mass is 366 g/mol. The fraction of sp³-hybridized carbons (Fsp3) is 0.238. The number of aromatic nitrogens is 1. The summed E-state index contributed by atoms with van der Waals surface area (Å²) in [6, 6.07) is 17.3. The molecule has 0 atom stereocenters. The minimum Gasteiger partial charge on any atom is -0.497 e. The second-order valence-corrected chi connectivity index (χ2v) is 6.98. The van der Waals surface area contributed by atoms with E-state index in [1.165, 1.54) is 0 Å². The van der Waals surface area contributed by atoms with E-state index in [1.54, 1.807) is 13.2 Å². The van der Waals surface area contributed by atoms with Crippen LogP contribution in [0.1, 0.15) is 28.9 Å². The normalized spacial score (nSPS) is 13.6. The standard InChI is InChI=1S/C21H19ClN2O2/c1-26-18-9-11-19-15(12-18)4-10-20(23-19)21(25)24(17-7-8-17)13-14-2-5-16(22)6-3-14/h2-6,9-12,17H,7-8,13H2,1H3. The van der Waals surface area contributed by atoms with E-state index >= 15 is 0 Å². The molecule has 132 valence electrons. The number of halogens is 1. The van der Waals surface area contributed by atoms with Crippen LogP contribution in [-0.4, -0.2) is 28.9 Å². The minimum atomic E-state index is -0.0276. The zero-order chi connectivity index (χ0) is 18.1. The summed E-state index contributed by atoms with van der Waals surface area (Å²) in [7, 11) is 1.64. The van der Waals surface area contributed by atoms with Crippen LogP contribution in [0.15, 0.2) is 54.6 Å². The number of methoxy groups -OCH3 is 1. The molecule has 2 aromatic carbocycles. The van der Waals surface area contributed by atoms with Crippen LogP contribution >= 0.6 is 11.6 Å². The van der Waals surface area contributed by atoms with Gasteiger partial charge in [0.1, 0.15) is 11.4 Å². The average Bonchev–Trinajstić information content (AvgIpc) is 3.51. The van der Waals surface area contributed by atoms with Crippen LogP contribution in [0.3, 0.4) is 0 Å². The summed E-state index contributed by atoms with van der Waals surface area (Å²) >= 11 is 5.96. The Kier molecular flexibility index (Phi) is 4.51. The van der Waals surface area contributed by atoms with Crippen molar-refractivity contribution in [3.05, 3.63) is 70.9 Å². The van der Waals surface area contributed by atoms with Crippen LogP contribution in [0.4, 0.5) is 0 Å². The molecule has 5 heteroatoms. The van der Waals surface area contributed by atoms with Crippen molar-refractivity contribution in [3.8, 4) is 5.75 Å². The van der Waals surface area contributed by atoms with Crippen LogP contribution in [0, 0.1) is 0 Å². The van der Waals surface area contributed by atoms with Crippen molar-refractivity contribution < 1.29 is 9.53 Å². The molecule has 1 aromatic heterocycles. The van der Waals surface area contributed by atoms with Crippen LogP contribution in [0.2, 0.25) is 5.02 Å². The molecule has 26 heavy (non-hydrogen) atoms. The van der Waals surface area contributed by atoms with E-state index in [0.717, 1.165) is 35.1 Å². The van der Waals surface area contributed by atoms with Gasteiger partial charge >= 0.3 is 0 Å². The Balaban J connectivity index is 1.61. The van der Waals surface area contributed by atoms with E-state index in [9.17, 15) is 4.79 Å². The molecular weight excluding hydrogens is 348 g/mol. The van der Waals surface area contributed by atoms with Gasteiger partial charge in [0, 0.05) is 23.0 Å². The Morgan fingerprint density at radius 2 is 1.92 bits per heavy atom. The Morgan fingerprint density at radius 1 is 1.15 bits per heavy atom. The topological polar surface area (TPSA) is 42.4 Å². The second-order valence-electron chi connectivity index (χ2n) is 6.55. The van der Waals surface area contributed by atoms with Gasteiger partial charge in [0.15, 0.2) is 0 Å². The molecule has 0 aliphatic heterocycles. The van der Waals surface area contributed by atoms with Crippen molar-refractivity contribution in [3.63, 3.8) is 0 Å². The lowest BCUT2D eigenvalue weighted by atomic mass is 10.1. The predicted molar refractivity (Wildman–Crippen MR) is 103 cm³/mol. The van der Waals surface area contributed by atoms with Crippen molar-refractivity contribution in [1.29, 1.82) is 0 Å². The third-order valence-corrected chi connectivity index (χ3v) is 4.88. The van der Waals surface area contributed by atoms with Crippen molar-refractivity contribution in [2.24, 2.45) is 0 Å². The lowest BCUT2D eigenvalue weighted by Crippen LogP contribution is -2.33. The number of nitrogens with zero attached hydrogens (tertiary/aromatic N) is 2. The van der Waals surface area contributed by atoms with Crippen LogP contribution in [0.5, 0.6) is 5.75 Å². The number of ether oxygens (including phenoxy) is 1. The Labute approximate surface area is 157 Å². The first kappa shape index (κ1) is 16.9. The first-order valence-electron chi connectivity index (χ1n) is 8.64. The number of hydrogen-bond acceptors (Lipinski definition) is 3. The van der Waals surface area contributed by atoms with E-state index < -0.39 is 0 Å². The summed E-state index contributed by atoms with van der Waals surface area (Å²) in [5.41, 5.74) is 2.34. The highest BCUT2D eigenvalue weighted by Crippen LogP contribution is 2.30. The number of carbonyl (C=O) groups is 1. The number of pyridine rings is 1. The highest BCUT2D eigenvalue weighted by atomic mass is 35.5. The highest BCUT2D eigenvalue weighted by Gasteiger charge is 2.33. The van der Waals surface area contributed by atoms with E-state index in [-0.39, 0.29) is 5.91 Å². The SMILES string of the molecule is COc1ccc2nc(C(=O)N(Cc3ccc(Cl)cc3)C3CC3)ccc2c1. The molecule has 3 aromatic rings. The molecule has 1 aliphatic carbocycles. The second kappa shape index (κ2) is 6.96. The zero-order valence-corrected chi connectivity index (χ0v) is 15.2. The Morgan fingerprint density at radius 3 is 2.62 bits per heavy atom. The third-order valence-electron chi connectivity index (χ3n) is 4.63. The van der Waals surface area contributed by atoms with Gasteiger partial charge < -0.3 is 9.64 Å². The third kappa shape index (κ3) is 3.51. The van der Waals surface area contributed by atoms with Crippen molar-refractivity contribution in [2.75, 3.05) is 7.11 Å². The van der Waals surface area contributed by atoms with E-state index in [1.807, 2.05) is 53.4 Å². The number of rotatable bonds is 5. The molecule has 4 nitrogen and oxygen atoms in total. The molecule has 0 N–H and O–H groups in total. The fourth-order valence-electron chi connectivity index (χ4n) is 3.04. The summed E-state index contributed by atoms with van der Waals surface area (Å²) < 4.78 is 5.24. The van der Waals surface area contributed by atoms with Gasteiger partial charge in [-0.2, -0.15) is 0 Å². The smallest absolute Gasteiger partial charge is 0.273 e. The average molecular weight is 367 g/mol. The molecule has 0 radical (unpaired) electrons. The number of amides is 1. The van der Waals surface area contributed by atoms with E-state index in [4.69, 9.17) is 16.3 Å². The highest BCUT2D eigenvalue weighted by molar-refractivity contribution is 6.30. The quantitative estimate of drug-likeness (QED) is 0.657. The van der Waals surface area contributed by atoms with Gasteiger partial charge in [0.25, 0.3) is 5.91 Å². The minimum absolute atomic E-state index is 0.0276. The zero-order valence-electron chi connectivity index (χ0n) is 14.5. The van der Waals surface area contributed by atoms with Gasteiger partial charge in [-0.3, -0.25) is 4.79 Å². The maximum absolute atomic E-state index is 13.1. The van der Waals surface area contributed by atoms with Gasteiger partial charge in [0.2, 0.25) is 0 Å². The maximum atomic E-state index is 13.1. The first-order valence-corrected chi connectivity index (χ1v) is 9.02. The number of carbonyl (C=O) groups excluding carboxylic acids is 1.